The highest BCUT2D eigenvalue weighted by molar-refractivity contribution is 7.92. The normalized spacial score (nSPS) is 19.3. The molecule has 0 radical (unpaired) electrons. The Hall–Kier alpha value is -2.49. The molecule has 0 spiro atoms. The number of benzene rings is 2. The van der Waals surface area contributed by atoms with Gasteiger partial charge in [0.1, 0.15) is 5.82 Å². The van der Waals surface area contributed by atoms with Gasteiger partial charge in [-0.25, -0.2) is 12.8 Å². The molecule has 4 rings (SSSR count). The standard InChI is InChI=1S/C22H26FN3O4S/c1-16-14-18-15-17(22(27)24-8-9-25-10-12-30-13-11-25)2-7-21(18)26(16)31(28,29)20-5-3-19(23)4-6-20/h2-7,15-16H,8-14H2,1H3,(H,24,27)/t16-/m1/s1. The van der Waals surface area contributed by atoms with Crippen LogP contribution >= 0.6 is 0 Å². The molecule has 9 heteroatoms. The zero-order chi connectivity index (χ0) is 22.0. The maximum atomic E-state index is 13.2. The van der Waals surface area contributed by atoms with Crippen LogP contribution in [0.3, 0.4) is 0 Å². The van der Waals surface area contributed by atoms with Crippen LogP contribution in [-0.4, -0.2) is 64.7 Å². The third kappa shape index (κ3) is 4.58. The van der Waals surface area contributed by atoms with Crippen molar-refractivity contribution < 1.29 is 22.3 Å². The van der Waals surface area contributed by atoms with Crippen LogP contribution in [-0.2, 0) is 21.2 Å². The van der Waals surface area contributed by atoms with E-state index in [4.69, 9.17) is 4.74 Å². The number of hydrogen-bond acceptors (Lipinski definition) is 5. The predicted molar refractivity (Wildman–Crippen MR) is 115 cm³/mol. The molecule has 0 aromatic heterocycles. The number of sulfonamides is 1. The van der Waals surface area contributed by atoms with Crippen LogP contribution in [0.25, 0.3) is 0 Å². The van der Waals surface area contributed by atoms with Gasteiger partial charge < -0.3 is 10.1 Å². The number of amides is 1. The lowest BCUT2D eigenvalue weighted by atomic mass is 10.1. The molecule has 0 bridgehead atoms. The van der Waals surface area contributed by atoms with Gasteiger partial charge in [-0.2, -0.15) is 0 Å². The summed E-state index contributed by atoms with van der Waals surface area (Å²) in [6.07, 6.45) is 0.505. The van der Waals surface area contributed by atoms with Crippen LogP contribution in [0.4, 0.5) is 10.1 Å². The zero-order valence-corrected chi connectivity index (χ0v) is 18.2. The Kier molecular flexibility index (Phi) is 6.27. The predicted octanol–water partition coefficient (Wildman–Crippen LogP) is 2.03. The van der Waals surface area contributed by atoms with Crippen molar-refractivity contribution in [3.63, 3.8) is 0 Å². The van der Waals surface area contributed by atoms with Crippen LogP contribution in [0.15, 0.2) is 47.4 Å². The van der Waals surface area contributed by atoms with Crippen LogP contribution in [0.2, 0.25) is 0 Å². The Morgan fingerprint density at radius 3 is 2.58 bits per heavy atom. The summed E-state index contributed by atoms with van der Waals surface area (Å²) in [5.41, 5.74) is 1.87. The van der Waals surface area contributed by atoms with Gasteiger partial charge in [0.25, 0.3) is 15.9 Å². The molecule has 2 aromatic rings. The molecule has 0 aliphatic carbocycles. The highest BCUT2D eigenvalue weighted by atomic mass is 32.2. The Balaban J connectivity index is 1.47. The van der Waals surface area contributed by atoms with E-state index in [9.17, 15) is 17.6 Å². The van der Waals surface area contributed by atoms with Gasteiger partial charge in [-0.05, 0) is 61.4 Å². The second kappa shape index (κ2) is 8.94. The minimum Gasteiger partial charge on any atom is -0.379 e. The lowest BCUT2D eigenvalue weighted by Crippen LogP contribution is -2.41. The van der Waals surface area contributed by atoms with Gasteiger partial charge in [-0.3, -0.25) is 14.0 Å². The molecule has 2 aromatic carbocycles. The highest BCUT2D eigenvalue weighted by Gasteiger charge is 2.36. The van der Waals surface area contributed by atoms with Crippen LogP contribution in [0.5, 0.6) is 0 Å². The van der Waals surface area contributed by atoms with E-state index in [0.29, 0.717) is 37.4 Å². The van der Waals surface area contributed by atoms with Gasteiger partial charge in [0, 0.05) is 37.8 Å². The highest BCUT2D eigenvalue weighted by Crippen LogP contribution is 2.37. The lowest BCUT2D eigenvalue weighted by molar-refractivity contribution is 0.0383. The number of rotatable bonds is 6. The molecule has 2 heterocycles. The van der Waals surface area contributed by atoms with Crippen molar-refractivity contribution in [2.75, 3.05) is 43.7 Å². The fourth-order valence-corrected chi connectivity index (χ4v) is 5.78. The summed E-state index contributed by atoms with van der Waals surface area (Å²) in [6.45, 7) is 6.29. The molecule has 166 valence electrons. The first-order chi connectivity index (χ1) is 14.9. The fourth-order valence-electron chi connectivity index (χ4n) is 4.08. The second-order valence-electron chi connectivity index (χ2n) is 7.86. The maximum absolute atomic E-state index is 13.2. The number of fused-ring (bicyclic) bond motifs is 1. The van der Waals surface area contributed by atoms with E-state index in [-0.39, 0.29) is 16.8 Å². The third-order valence-corrected chi connectivity index (χ3v) is 7.62. The molecule has 1 atom stereocenters. The molecule has 7 nitrogen and oxygen atoms in total. The molecule has 1 saturated heterocycles. The van der Waals surface area contributed by atoms with Crippen molar-refractivity contribution in [3.05, 3.63) is 59.4 Å². The molecule has 2 aliphatic rings. The minimum absolute atomic E-state index is 0.0403. The number of ether oxygens (including phenoxy) is 1. The molecule has 1 amide bonds. The molecule has 1 fully saturated rings. The number of hydrogen-bond donors (Lipinski definition) is 1. The van der Waals surface area contributed by atoms with Crippen molar-refractivity contribution in [1.82, 2.24) is 10.2 Å². The van der Waals surface area contributed by atoms with E-state index in [1.165, 1.54) is 16.4 Å². The molecule has 0 saturated carbocycles. The van der Waals surface area contributed by atoms with Gasteiger partial charge >= 0.3 is 0 Å². The summed E-state index contributed by atoms with van der Waals surface area (Å²) in [4.78, 5) is 14.9. The monoisotopic (exact) mass is 447 g/mol. The van der Waals surface area contributed by atoms with Crippen molar-refractivity contribution >= 4 is 21.6 Å². The number of nitrogens with zero attached hydrogens (tertiary/aromatic N) is 2. The summed E-state index contributed by atoms with van der Waals surface area (Å²) in [5.74, 6) is -0.665. The van der Waals surface area contributed by atoms with Crippen LogP contribution in [0.1, 0.15) is 22.8 Å². The lowest BCUT2D eigenvalue weighted by Gasteiger charge is -2.26. The van der Waals surface area contributed by atoms with E-state index >= 15 is 0 Å². The largest absolute Gasteiger partial charge is 0.379 e. The number of carbonyl (C=O) groups is 1. The third-order valence-electron chi connectivity index (χ3n) is 5.68. The summed E-state index contributed by atoms with van der Waals surface area (Å²) in [5, 5.41) is 2.93. The van der Waals surface area contributed by atoms with Gasteiger partial charge in [0.15, 0.2) is 0 Å². The fraction of sp³-hybridized carbons (Fsp3) is 0.409. The van der Waals surface area contributed by atoms with E-state index in [1.54, 1.807) is 18.2 Å². The Bertz CT molecular complexity index is 1050. The molecular weight excluding hydrogens is 421 g/mol. The van der Waals surface area contributed by atoms with E-state index < -0.39 is 15.8 Å². The van der Waals surface area contributed by atoms with E-state index in [0.717, 1.165) is 37.3 Å². The van der Waals surface area contributed by atoms with E-state index in [2.05, 4.69) is 10.2 Å². The van der Waals surface area contributed by atoms with Crippen molar-refractivity contribution in [2.24, 2.45) is 0 Å². The van der Waals surface area contributed by atoms with Gasteiger partial charge in [0.05, 0.1) is 23.8 Å². The quantitative estimate of drug-likeness (QED) is 0.733. The van der Waals surface area contributed by atoms with E-state index in [1.807, 2.05) is 6.92 Å². The molecule has 31 heavy (non-hydrogen) atoms. The number of nitrogens with one attached hydrogen (secondary N) is 1. The number of anilines is 1. The van der Waals surface area contributed by atoms with Crippen LogP contribution in [0, 0.1) is 5.82 Å². The summed E-state index contributed by atoms with van der Waals surface area (Å²) >= 11 is 0. The van der Waals surface area contributed by atoms with Gasteiger partial charge in [-0.1, -0.05) is 0 Å². The average molecular weight is 448 g/mol. The van der Waals surface area contributed by atoms with Crippen molar-refractivity contribution in [2.45, 2.75) is 24.3 Å². The topological polar surface area (TPSA) is 79.0 Å². The number of morpholine rings is 1. The van der Waals surface area contributed by atoms with Crippen molar-refractivity contribution in [3.8, 4) is 0 Å². The molecule has 0 unspecified atom stereocenters. The van der Waals surface area contributed by atoms with Crippen LogP contribution < -0.4 is 9.62 Å². The number of carbonyl (C=O) groups excluding carboxylic acids is 1. The van der Waals surface area contributed by atoms with Gasteiger partial charge in [0.2, 0.25) is 0 Å². The minimum atomic E-state index is -3.83. The van der Waals surface area contributed by atoms with Crippen molar-refractivity contribution in [1.29, 1.82) is 0 Å². The molecular formula is C22H26FN3O4S. The first kappa shape index (κ1) is 21.7. The first-order valence-electron chi connectivity index (χ1n) is 10.4. The van der Waals surface area contributed by atoms with Gasteiger partial charge in [-0.15, -0.1) is 0 Å². The Labute approximate surface area is 181 Å². The molecule has 1 N–H and O–H groups in total. The second-order valence-corrected chi connectivity index (χ2v) is 9.68. The number of halogens is 1. The summed E-state index contributed by atoms with van der Waals surface area (Å²) < 4.78 is 46.2. The Morgan fingerprint density at radius 2 is 1.87 bits per heavy atom. The average Bonchev–Trinajstić information content (AvgIpc) is 3.10. The SMILES string of the molecule is C[C@@H]1Cc2cc(C(=O)NCCN3CCOCC3)ccc2N1S(=O)(=O)c1ccc(F)cc1. The first-order valence-corrected chi connectivity index (χ1v) is 11.8. The smallest absolute Gasteiger partial charge is 0.264 e. The maximum Gasteiger partial charge on any atom is 0.264 e. The summed E-state index contributed by atoms with van der Waals surface area (Å²) in [6, 6.07) is 9.60. The molecule has 2 aliphatic heterocycles. The Morgan fingerprint density at radius 1 is 1.16 bits per heavy atom. The zero-order valence-electron chi connectivity index (χ0n) is 17.4. The summed E-state index contributed by atoms with van der Waals surface area (Å²) in [7, 11) is -3.83.